The average molecular weight is 641 g/mol. The molecule has 11 heteroatoms. The number of hydrogen-bond donors (Lipinski definition) is 3. The van der Waals surface area contributed by atoms with E-state index in [9.17, 15) is 19.2 Å². The second-order valence-electron chi connectivity index (χ2n) is 14.0. The van der Waals surface area contributed by atoms with Crippen LogP contribution in [-0.4, -0.2) is 98.7 Å². The Kier molecular flexibility index (Phi) is 11.7. The van der Waals surface area contributed by atoms with Crippen molar-refractivity contribution in [2.75, 3.05) is 46.6 Å². The van der Waals surface area contributed by atoms with E-state index in [2.05, 4.69) is 16.0 Å². The number of nitrogens with one attached hydrogen (secondary N) is 3. The van der Waals surface area contributed by atoms with Gasteiger partial charge in [0.05, 0.1) is 39.5 Å². The molecule has 3 N–H and O–H groups in total. The first-order valence-electron chi connectivity index (χ1n) is 17.1. The van der Waals surface area contributed by atoms with Crippen LogP contribution in [0.25, 0.3) is 0 Å². The van der Waals surface area contributed by atoms with Gasteiger partial charge in [0.25, 0.3) is 0 Å². The fourth-order valence-corrected chi connectivity index (χ4v) is 7.46. The molecule has 7 atom stereocenters. The molecule has 2 aliphatic carbocycles. The summed E-state index contributed by atoms with van der Waals surface area (Å²) >= 11 is 0. The highest BCUT2D eigenvalue weighted by atomic mass is 16.6. The van der Waals surface area contributed by atoms with Crippen molar-refractivity contribution in [2.45, 2.75) is 95.4 Å². The summed E-state index contributed by atoms with van der Waals surface area (Å²) < 4.78 is 16.2. The van der Waals surface area contributed by atoms with Gasteiger partial charge >= 0.3 is 0 Å². The van der Waals surface area contributed by atoms with Crippen molar-refractivity contribution in [3.8, 4) is 5.75 Å². The van der Waals surface area contributed by atoms with Gasteiger partial charge in [-0.2, -0.15) is 0 Å². The highest BCUT2D eigenvalue weighted by molar-refractivity contribution is 5.98. The monoisotopic (exact) mass is 640 g/mol. The predicted molar refractivity (Wildman–Crippen MR) is 172 cm³/mol. The average Bonchev–Trinajstić information content (AvgIpc) is 3.82. The molecule has 2 saturated heterocycles. The summed E-state index contributed by atoms with van der Waals surface area (Å²) in [5.41, 5.74) is -0.0604. The fraction of sp³-hybridized carbons (Fsp3) is 0.714. The van der Waals surface area contributed by atoms with Crippen LogP contribution in [-0.2, 0) is 35.1 Å². The molecule has 0 aromatic heterocycles. The summed E-state index contributed by atoms with van der Waals surface area (Å²) in [5.74, 6) is 1.26. The van der Waals surface area contributed by atoms with Gasteiger partial charge in [-0.05, 0) is 68.6 Å². The van der Waals surface area contributed by atoms with Gasteiger partial charge in [-0.25, -0.2) is 0 Å². The Bertz CT molecular complexity index is 1210. The van der Waals surface area contributed by atoms with E-state index in [1.165, 1.54) is 32.1 Å². The number of ketones is 1. The van der Waals surface area contributed by atoms with Crippen LogP contribution < -0.4 is 20.7 Å². The number of amides is 3. The second kappa shape index (κ2) is 15.7. The van der Waals surface area contributed by atoms with E-state index in [1.54, 1.807) is 33.1 Å². The molecule has 11 nitrogen and oxygen atoms in total. The van der Waals surface area contributed by atoms with E-state index < -0.39 is 35.5 Å². The van der Waals surface area contributed by atoms with Gasteiger partial charge < -0.3 is 30.2 Å². The summed E-state index contributed by atoms with van der Waals surface area (Å²) in [5, 5.41) is 8.68. The first-order chi connectivity index (χ1) is 22.1. The fourth-order valence-electron chi connectivity index (χ4n) is 7.46. The van der Waals surface area contributed by atoms with Crippen LogP contribution >= 0.6 is 0 Å². The van der Waals surface area contributed by atoms with Gasteiger partial charge in [0, 0.05) is 19.5 Å². The molecular weight excluding hydrogens is 588 g/mol. The number of carbonyl (C=O) groups is 4. The molecule has 5 rings (SSSR count). The number of carbonyl (C=O) groups excluding carboxylic acids is 4. The quantitative estimate of drug-likeness (QED) is 0.264. The van der Waals surface area contributed by atoms with Crippen LogP contribution in [0, 0.1) is 17.8 Å². The Balaban J connectivity index is 1.26. The van der Waals surface area contributed by atoms with Crippen LogP contribution in [0.5, 0.6) is 5.75 Å². The molecule has 2 heterocycles. The number of methoxy groups -OCH3 is 1. The zero-order chi connectivity index (χ0) is 32.7. The Labute approximate surface area is 272 Å². The topological polar surface area (TPSA) is 139 Å². The zero-order valence-corrected chi connectivity index (χ0v) is 27.7. The number of rotatable bonds is 14. The first kappa shape index (κ1) is 34.3. The largest absolute Gasteiger partial charge is 0.497 e. The molecule has 1 aromatic carbocycles. The van der Waals surface area contributed by atoms with Crippen molar-refractivity contribution in [2.24, 2.45) is 17.8 Å². The summed E-state index contributed by atoms with van der Waals surface area (Å²) in [6, 6.07) is 4.79. The number of nitrogens with zero attached hydrogens (tertiary/aromatic N) is 1. The molecule has 2 aliphatic heterocycles. The number of fused-ring (bicyclic) bond motifs is 1. The maximum atomic E-state index is 14.0. The minimum Gasteiger partial charge on any atom is -0.497 e. The smallest absolute Gasteiger partial charge is 0.243 e. The number of hydrogen-bond acceptors (Lipinski definition) is 8. The van der Waals surface area contributed by atoms with Gasteiger partial charge in [-0.3, -0.25) is 24.1 Å². The molecule has 0 spiro atoms. The van der Waals surface area contributed by atoms with Gasteiger partial charge in [0.15, 0.2) is 5.78 Å². The van der Waals surface area contributed by atoms with Crippen molar-refractivity contribution < 1.29 is 33.4 Å². The highest BCUT2D eigenvalue weighted by Crippen LogP contribution is 2.44. The lowest BCUT2D eigenvalue weighted by atomic mass is 9.66. The van der Waals surface area contributed by atoms with Crippen LogP contribution in [0.3, 0.4) is 0 Å². The standard InChI is InChI=1S/C35H52N4O7/c1-23(36-31(40)21-39-14-16-45-17-15-39)33(42)38-30(19-24-9-12-28(44-3)13-10-24)34(43)37-29(32(41)35(2)22-46-35)20-25-8-11-26-6-4-5-7-27(26)18-25/h9-10,12-13,23,25-27,29-30H,4-8,11,14-22H2,1-3H3,(H,36,40)(H,37,43)(H,38,42). The van der Waals surface area contributed by atoms with Crippen LogP contribution in [0.4, 0.5) is 0 Å². The maximum Gasteiger partial charge on any atom is 0.243 e. The van der Waals surface area contributed by atoms with E-state index in [0.29, 0.717) is 56.9 Å². The first-order valence-corrected chi connectivity index (χ1v) is 17.1. The van der Waals surface area contributed by atoms with Crippen LogP contribution in [0.15, 0.2) is 24.3 Å². The van der Waals surface area contributed by atoms with Gasteiger partial charge in [0.2, 0.25) is 17.7 Å². The van der Waals surface area contributed by atoms with Crippen molar-refractivity contribution in [3.05, 3.63) is 29.8 Å². The van der Waals surface area contributed by atoms with Crippen molar-refractivity contribution in [3.63, 3.8) is 0 Å². The van der Waals surface area contributed by atoms with E-state index in [0.717, 1.165) is 24.3 Å². The molecule has 0 radical (unpaired) electrons. The predicted octanol–water partition coefficient (Wildman–Crippen LogP) is 2.40. The number of benzene rings is 1. The molecule has 3 amide bonds. The number of ether oxygens (including phenoxy) is 3. The third-order valence-corrected chi connectivity index (χ3v) is 10.4. The molecule has 7 unspecified atom stereocenters. The summed E-state index contributed by atoms with van der Waals surface area (Å²) in [4.78, 5) is 55.7. The molecule has 46 heavy (non-hydrogen) atoms. The Morgan fingerprint density at radius 3 is 2.28 bits per heavy atom. The SMILES string of the molecule is COc1ccc(CC(NC(=O)C(C)NC(=O)CN2CCOCC2)C(=O)NC(CC2CCC3CCCCC3C2)C(=O)C2(C)CO2)cc1. The van der Waals surface area contributed by atoms with E-state index in [-0.39, 0.29) is 24.7 Å². The summed E-state index contributed by atoms with van der Waals surface area (Å²) in [6.07, 6.45) is 9.27. The van der Waals surface area contributed by atoms with Crippen molar-refractivity contribution >= 4 is 23.5 Å². The molecule has 1 aromatic rings. The minimum absolute atomic E-state index is 0.107. The van der Waals surface area contributed by atoms with E-state index in [4.69, 9.17) is 14.2 Å². The van der Waals surface area contributed by atoms with Gasteiger partial charge in [-0.15, -0.1) is 0 Å². The maximum absolute atomic E-state index is 14.0. The lowest BCUT2D eigenvalue weighted by molar-refractivity contribution is -0.134. The molecule has 2 saturated carbocycles. The lowest BCUT2D eigenvalue weighted by Crippen LogP contribution is -2.57. The molecule has 0 bridgehead atoms. The van der Waals surface area contributed by atoms with E-state index >= 15 is 0 Å². The summed E-state index contributed by atoms with van der Waals surface area (Å²) in [6.45, 7) is 6.36. The zero-order valence-electron chi connectivity index (χ0n) is 27.7. The minimum atomic E-state index is -0.961. The third kappa shape index (κ3) is 9.29. The lowest BCUT2D eigenvalue weighted by Gasteiger charge is -2.40. The Morgan fingerprint density at radius 2 is 1.61 bits per heavy atom. The number of epoxide rings is 1. The number of Topliss-reactive ketones (excluding diaryl/α,β-unsaturated/α-hetero) is 1. The summed E-state index contributed by atoms with van der Waals surface area (Å²) in [7, 11) is 1.59. The van der Waals surface area contributed by atoms with Gasteiger partial charge in [-0.1, -0.05) is 44.2 Å². The van der Waals surface area contributed by atoms with Gasteiger partial charge in [0.1, 0.15) is 23.4 Å². The van der Waals surface area contributed by atoms with E-state index in [1.807, 2.05) is 17.0 Å². The molecule has 4 aliphatic rings. The van der Waals surface area contributed by atoms with Crippen LogP contribution in [0.2, 0.25) is 0 Å². The van der Waals surface area contributed by atoms with Crippen molar-refractivity contribution in [1.29, 1.82) is 0 Å². The molecule has 254 valence electrons. The Morgan fingerprint density at radius 1 is 0.935 bits per heavy atom. The third-order valence-electron chi connectivity index (χ3n) is 10.4. The molecular formula is C35H52N4O7. The van der Waals surface area contributed by atoms with Crippen molar-refractivity contribution in [1.82, 2.24) is 20.9 Å². The Hall–Kier alpha value is -3.02. The second-order valence-corrected chi connectivity index (χ2v) is 14.0. The normalized spacial score (nSPS) is 28.1. The number of morpholine rings is 1. The van der Waals surface area contributed by atoms with Crippen LogP contribution in [0.1, 0.15) is 70.8 Å². The molecule has 4 fully saturated rings. The highest BCUT2D eigenvalue weighted by Gasteiger charge is 2.51.